The molecule has 5 aromatic rings. The molecule has 2 aromatic heterocycles. The lowest BCUT2D eigenvalue weighted by Crippen LogP contribution is -2.20. The molecule has 0 aliphatic heterocycles. The summed E-state index contributed by atoms with van der Waals surface area (Å²) in [5.74, 6) is 1.96. The number of ether oxygens (including phenoxy) is 2. The summed E-state index contributed by atoms with van der Waals surface area (Å²) >= 11 is 6.16. The van der Waals surface area contributed by atoms with Crippen LogP contribution in [0.4, 0.5) is 0 Å². The summed E-state index contributed by atoms with van der Waals surface area (Å²) in [6.07, 6.45) is 1.59. The zero-order chi connectivity index (χ0) is 26.9. The fraction of sp³-hybridized carbons (Fsp3) is 0.233. The highest BCUT2D eigenvalue weighted by Crippen LogP contribution is 2.31. The van der Waals surface area contributed by atoms with E-state index in [-0.39, 0.29) is 16.8 Å². The Bertz CT molecular complexity index is 1710. The van der Waals surface area contributed by atoms with Crippen LogP contribution in [0.25, 0.3) is 33.5 Å². The average molecular weight is 530 g/mol. The van der Waals surface area contributed by atoms with E-state index in [4.69, 9.17) is 30.5 Å². The van der Waals surface area contributed by atoms with Gasteiger partial charge >= 0.3 is 0 Å². The molecule has 0 fully saturated rings. The van der Waals surface area contributed by atoms with Crippen molar-refractivity contribution in [1.29, 1.82) is 0 Å². The first-order valence-corrected chi connectivity index (χ1v) is 12.7. The Morgan fingerprint density at radius 1 is 1.03 bits per heavy atom. The summed E-state index contributed by atoms with van der Waals surface area (Å²) in [5.41, 5.74) is 1.62. The van der Waals surface area contributed by atoms with Crippen molar-refractivity contribution in [3.63, 3.8) is 0 Å². The van der Waals surface area contributed by atoms with Gasteiger partial charge in [0.2, 0.25) is 5.82 Å². The molecule has 0 saturated carbocycles. The van der Waals surface area contributed by atoms with E-state index < -0.39 is 0 Å². The molecule has 194 valence electrons. The second-order valence-electron chi connectivity index (χ2n) is 10.1. The normalized spacial score (nSPS) is 12.0. The third-order valence-electron chi connectivity index (χ3n) is 5.70. The van der Waals surface area contributed by atoms with Crippen molar-refractivity contribution in [2.75, 3.05) is 13.2 Å². The third-order valence-corrected chi connectivity index (χ3v) is 5.94. The van der Waals surface area contributed by atoms with Crippen LogP contribution in [0.15, 0.2) is 81.0 Å². The molecular formula is C30H28ClN3O4. The number of benzene rings is 3. The van der Waals surface area contributed by atoms with Gasteiger partial charge in [-0.15, -0.1) is 0 Å². The van der Waals surface area contributed by atoms with Crippen LogP contribution in [0.1, 0.15) is 33.3 Å². The second kappa shape index (κ2) is 10.3. The maximum Gasteiger partial charge on any atom is 0.282 e. The summed E-state index contributed by atoms with van der Waals surface area (Å²) in [6.45, 7) is 9.28. The van der Waals surface area contributed by atoms with Gasteiger partial charge in [-0.05, 0) is 72.5 Å². The number of halogens is 1. The van der Waals surface area contributed by atoms with Gasteiger partial charge in [0.05, 0.1) is 30.3 Å². The molecule has 0 saturated heterocycles. The first-order valence-electron chi connectivity index (χ1n) is 12.4. The van der Waals surface area contributed by atoms with Crippen LogP contribution >= 0.6 is 11.6 Å². The molecule has 0 aliphatic rings. The lowest BCUT2D eigenvalue weighted by atomic mass is 9.99. The minimum atomic E-state index is -0.310. The van der Waals surface area contributed by atoms with Crippen LogP contribution in [0.3, 0.4) is 0 Å². The first kappa shape index (κ1) is 25.5. The van der Waals surface area contributed by atoms with Crippen molar-refractivity contribution < 1.29 is 13.9 Å². The molecule has 7 nitrogen and oxygen atoms in total. The fourth-order valence-electron chi connectivity index (χ4n) is 3.93. The van der Waals surface area contributed by atoms with Crippen molar-refractivity contribution in [2.45, 2.75) is 27.7 Å². The number of rotatable bonds is 7. The molecular weight excluding hydrogens is 502 g/mol. The van der Waals surface area contributed by atoms with Gasteiger partial charge < -0.3 is 13.9 Å². The summed E-state index contributed by atoms with van der Waals surface area (Å²) in [4.78, 5) is 18.2. The molecule has 0 atom stereocenters. The van der Waals surface area contributed by atoms with E-state index in [0.717, 1.165) is 10.9 Å². The van der Waals surface area contributed by atoms with E-state index in [2.05, 4.69) is 25.9 Å². The van der Waals surface area contributed by atoms with Gasteiger partial charge in [-0.2, -0.15) is 9.78 Å². The van der Waals surface area contributed by atoms with Crippen molar-refractivity contribution in [3.8, 4) is 23.1 Å². The molecule has 2 heterocycles. The van der Waals surface area contributed by atoms with Crippen molar-refractivity contribution in [1.82, 2.24) is 9.66 Å². The minimum absolute atomic E-state index is 0.00620. The Labute approximate surface area is 225 Å². The number of hydrogen-bond donors (Lipinski definition) is 0. The highest BCUT2D eigenvalue weighted by atomic mass is 35.5. The van der Waals surface area contributed by atoms with Crippen molar-refractivity contribution >= 4 is 39.7 Å². The number of para-hydroxylation sites is 1. The maximum absolute atomic E-state index is 13.5. The molecule has 0 amide bonds. The highest BCUT2D eigenvalue weighted by Gasteiger charge is 2.17. The van der Waals surface area contributed by atoms with Crippen LogP contribution in [0.5, 0.6) is 11.5 Å². The van der Waals surface area contributed by atoms with Crippen molar-refractivity contribution in [3.05, 3.63) is 87.7 Å². The van der Waals surface area contributed by atoms with Gasteiger partial charge in [-0.25, -0.2) is 4.98 Å². The molecule has 38 heavy (non-hydrogen) atoms. The van der Waals surface area contributed by atoms with Gasteiger partial charge in [0.15, 0.2) is 17.3 Å². The van der Waals surface area contributed by atoms with Crippen LogP contribution < -0.4 is 15.0 Å². The lowest BCUT2D eigenvalue weighted by Gasteiger charge is -2.20. The van der Waals surface area contributed by atoms with Gasteiger partial charge in [0.25, 0.3) is 5.56 Å². The summed E-state index contributed by atoms with van der Waals surface area (Å²) < 4.78 is 19.1. The van der Waals surface area contributed by atoms with Gasteiger partial charge in [0.1, 0.15) is 5.58 Å². The topological polar surface area (TPSA) is 78.9 Å². The van der Waals surface area contributed by atoms with E-state index in [1.807, 2.05) is 31.2 Å². The van der Waals surface area contributed by atoms with Crippen LogP contribution in [0, 0.1) is 5.41 Å². The summed E-state index contributed by atoms with van der Waals surface area (Å²) in [5, 5.41) is 6.39. The quantitative estimate of drug-likeness (QED) is 0.209. The van der Waals surface area contributed by atoms with E-state index in [1.54, 1.807) is 48.7 Å². The fourth-order valence-corrected chi connectivity index (χ4v) is 4.11. The number of hydrogen-bond acceptors (Lipinski definition) is 6. The van der Waals surface area contributed by atoms with E-state index in [1.165, 1.54) is 4.68 Å². The predicted octanol–water partition coefficient (Wildman–Crippen LogP) is 7.17. The first-order chi connectivity index (χ1) is 18.2. The average Bonchev–Trinajstić information content (AvgIpc) is 3.30. The number of aromatic nitrogens is 2. The van der Waals surface area contributed by atoms with Gasteiger partial charge in [0, 0.05) is 10.4 Å². The molecule has 0 aliphatic carbocycles. The SMILES string of the molecule is CCOc1cc(C=Nn2c(-c3cc4cc(Cl)ccc4o3)nc3ccccc3c2=O)ccc1OCC(C)(C)C. The Morgan fingerprint density at radius 3 is 2.63 bits per heavy atom. The molecule has 5 rings (SSSR count). The van der Waals surface area contributed by atoms with E-state index in [9.17, 15) is 4.79 Å². The number of nitrogens with zero attached hydrogens (tertiary/aromatic N) is 3. The highest BCUT2D eigenvalue weighted by molar-refractivity contribution is 6.31. The largest absolute Gasteiger partial charge is 0.490 e. The molecule has 0 unspecified atom stereocenters. The van der Waals surface area contributed by atoms with Crippen molar-refractivity contribution in [2.24, 2.45) is 10.5 Å². The number of furan rings is 1. The summed E-state index contributed by atoms with van der Waals surface area (Å²) in [7, 11) is 0. The van der Waals surface area contributed by atoms with E-state index in [0.29, 0.717) is 52.0 Å². The smallest absolute Gasteiger partial charge is 0.282 e. The predicted molar refractivity (Wildman–Crippen MR) is 152 cm³/mol. The third kappa shape index (κ3) is 5.43. The Morgan fingerprint density at radius 2 is 1.84 bits per heavy atom. The maximum atomic E-state index is 13.5. The van der Waals surface area contributed by atoms with E-state index >= 15 is 0 Å². The molecule has 0 bridgehead atoms. The van der Waals surface area contributed by atoms with Gasteiger partial charge in [-0.1, -0.05) is 44.5 Å². The van der Waals surface area contributed by atoms with Gasteiger partial charge in [-0.3, -0.25) is 4.79 Å². The zero-order valence-electron chi connectivity index (χ0n) is 21.7. The zero-order valence-corrected chi connectivity index (χ0v) is 22.5. The lowest BCUT2D eigenvalue weighted by molar-refractivity contribution is 0.188. The monoisotopic (exact) mass is 529 g/mol. The second-order valence-corrected chi connectivity index (χ2v) is 10.5. The molecule has 0 spiro atoms. The Hall–Kier alpha value is -4.10. The Balaban J connectivity index is 1.59. The van der Waals surface area contributed by atoms with Crippen LogP contribution in [0.2, 0.25) is 5.02 Å². The molecule has 0 radical (unpaired) electrons. The molecule has 8 heteroatoms. The summed E-state index contributed by atoms with van der Waals surface area (Å²) in [6, 6.07) is 19.9. The molecule has 3 aromatic carbocycles. The minimum Gasteiger partial charge on any atom is -0.490 e. The Kier molecular flexibility index (Phi) is 6.95. The number of fused-ring (bicyclic) bond motifs is 2. The van der Waals surface area contributed by atoms with Crippen LogP contribution in [-0.2, 0) is 0 Å². The standard InChI is InChI=1S/C30H28ClN3O4/c1-5-36-26-14-19(10-12-25(26)37-18-30(2,3)4)17-32-34-28(33-23-9-7-6-8-22(23)29(34)35)27-16-20-15-21(31)11-13-24(20)38-27/h6-17H,5,18H2,1-4H3. The molecule has 0 N–H and O–H groups in total. The van der Waals surface area contributed by atoms with Crippen LogP contribution in [-0.4, -0.2) is 29.1 Å².